The second-order valence-electron chi connectivity index (χ2n) is 5.26. The standard InChI is InChI=1S/C16H20N2OS.HI/c1-2-3-4-9-19-12-6-7-13-11(10-12)5-8-14-15(13)18-16(17)20-14;/h6-7,10H,2-5,8-9H2,1H3,(H2,17,18);1H. The summed E-state index contributed by atoms with van der Waals surface area (Å²) in [6.07, 6.45) is 5.73. The van der Waals surface area contributed by atoms with Crippen LogP contribution in [0.15, 0.2) is 18.2 Å². The molecule has 1 aromatic carbocycles. The summed E-state index contributed by atoms with van der Waals surface area (Å²) >= 11 is 1.67. The molecule has 1 heterocycles. The van der Waals surface area contributed by atoms with Crippen molar-refractivity contribution in [1.82, 2.24) is 0 Å². The second kappa shape index (κ2) is 7.45. The molecular formula is C16H21IN2OS. The van der Waals surface area contributed by atoms with Gasteiger partial charge in [0.15, 0.2) is 0 Å². The van der Waals surface area contributed by atoms with Crippen LogP contribution in [-0.2, 0) is 12.8 Å². The zero-order valence-electron chi connectivity index (χ0n) is 12.2. The number of nitrogen functional groups attached to an aromatic ring is 1. The number of fused-ring (bicyclic) bond motifs is 3. The van der Waals surface area contributed by atoms with Gasteiger partial charge in [-0.3, -0.25) is 5.73 Å². The molecule has 0 radical (unpaired) electrons. The lowest BCUT2D eigenvalue weighted by molar-refractivity contribution is -0.341. The molecule has 0 spiro atoms. The number of thiazole rings is 1. The molecular weight excluding hydrogens is 395 g/mol. The quantitative estimate of drug-likeness (QED) is 0.570. The number of aromatic nitrogens is 1. The first kappa shape index (κ1) is 16.5. The Morgan fingerprint density at radius 3 is 2.95 bits per heavy atom. The van der Waals surface area contributed by atoms with Crippen LogP contribution in [0.3, 0.4) is 0 Å². The van der Waals surface area contributed by atoms with E-state index in [9.17, 15) is 0 Å². The number of rotatable bonds is 5. The number of aromatic amines is 1. The van der Waals surface area contributed by atoms with Crippen molar-refractivity contribution in [1.29, 1.82) is 0 Å². The molecule has 0 aliphatic heterocycles. The van der Waals surface area contributed by atoms with Crippen molar-refractivity contribution in [2.75, 3.05) is 12.3 Å². The number of aryl methyl sites for hydroxylation is 2. The number of nitrogens with two attached hydrogens (primary N) is 1. The summed E-state index contributed by atoms with van der Waals surface area (Å²) in [5.41, 5.74) is 9.72. The van der Waals surface area contributed by atoms with Gasteiger partial charge in [0.25, 0.3) is 0 Å². The van der Waals surface area contributed by atoms with Crippen molar-refractivity contribution in [2.24, 2.45) is 0 Å². The van der Waals surface area contributed by atoms with E-state index >= 15 is 0 Å². The molecule has 2 aromatic rings. The number of benzene rings is 1. The minimum Gasteiger partial charge on any atom is -1.00 e. The maximum atomic E-state index is 5.88. The van der Waals surface area contributed by atoms with E-state index in [1.54, 1.807) is 11.3 Å². The molecule has 114 valence electrons. The minimum atomic E-state index is 0. The molecule has 1 aliphatic carbocycles. The predicted octanol–water partition coefficient (Wildman–Crippen LogP) is 0.483. The van der Waals surface area contributed by atoms with Crippen molar-refractivity contribution in [3.05, 3.63) is 28.6 Å². The minimum absolute atomic E-state index is 0. The monoisotopic (exact) mass is 416 g/mol. The Balaban J connectivity index is 0.00000161. The van der Waals surface area contributed by atoms with Gasteiger partial charge >= 0.3 is 5.13 Å². The molecule has 0 atom stereocenters. The van der Waals surface area contributed by atoms with Gasteiger partial charge in [0, 0.05) is 5.56 Å². The Kier molecular flexibility index (Phi) is 5.87. The highest BCUT2D eigenvalue weighted by atomic mass is 127. The van der Waals surface area contributed by atoms with Crippen LogP contribution in [-0.4, -0.2) is 6.61 Å². The number of anilines is 1. The summed E-state index contributed by atoms with van der Waals surface area (Å²) in [5, 5.41) is 0.794. The zero-order valence-corrected chi connectivity index (χ0v) is 15.2. The summed E-state index contributed by atoms with van der Waals surface area (Å²) < 4.78 is 5.84. The molecule has 0 saturated heterocycles. The molecule has 1 aromatic heterocycles. The van der Waals surface area contributed by atoms with Crippen LogP contribution < -0.4 is 39.4 Å². The molecule has 0 bridgehead atoms. The fourth-order valence-corrected chi connectivity index (χ4v) is 3.58. The van der Waals surface area contributed by atoms with E-state index in [2.05, 4.69) is 30.1 Å². The van der Waals surface area contributed by atoms with Gasteiger partial charge in [-0.1, -0.05) is 31.1 Å². The topological polar surface area (TPSA) is 49.4 Å². The first-order valence-electron chi connectivity index (χ1n) is 7.34. The van der Waals surface area contributed by atoms with Crippen LogP contribution in [0, 0.1) is 0 Å². The molecule has 0 unspecified atom stereocenters. The van der Waals surface area contributed by atoms with Gasteiger partial charge in [0.05, 0.1) is 11.5 Å². The Labute approximate surface area is 146 Å². The van der Waals surface area contributed by atoms with Crippen molar-refractivity contribution in [3.8, 4) is 17.0 Å². The Bertz CT molecular complexity index is 612. The summed E-state index contributed by atoms with van der Waals surface area (Å²) in [7, 11) is 0. The van der Waals surface area contributed by atoms with Crippen molar-refractivity contribution < 1.29 is 33.7 Å². The Morgan fingerprint density at radius 1 is 1.29 bits per heavy atom. The normalized spacial score (nSPS) is 12.2. The molecule has 21 heavy (non-hydrogen) atoms. The van der Waals surface area contributed by atoms with Crippen LogP contribution in [0.1, 0.15) is 36.6 Å². The average Bonchev–Trinajstić information content (AvgIpc) is 2.84. The van der Waals surface area contributed by atoms with Gasteiger partial charge in [-0.15, -0.1) is 0 Å². The number of H-pyrrole nitrogens is 1. The van der Waals surface area contributed by atoms with E-state index in [1.165, 1.54) is 34.5 Å². The highest BCUT2D eigenvalue weighted by Gasteiger charge is 2.23. The van der Waals surface area contributed by atoms with Gasteiger partial charge in [-0.05, 0) is 43.0 Å². The molecule has 3 N–H and O–H groups in total. The fourth-order valence-electron chi connectivity index (χ4n) is 2.70. The third-order valence-electron chi connectivity index (χ3n) is 3.74. The summed E-state index contributed by atoms with van der Waals surface area (Å²) in [5.74, 6) is 0.992. The average molecular weight is 416 g/mol. The summed E-state index contributed by atoms with van der Waals surface area (Å²) in [4.78, 5) is 4.65. The maximum Gasteiger partial charge on any atom is 0.330 e. The van der Waals surface area contributed by atoms with Gasteiger partial charge in [0.2, 0.25) is 0 Å². The number of unbranched alkanes of at least 4 members (excludes halogenated alkanes) is 2. The highest BCUT2D eigenvalue weighted by Crippen LogP contribution is 2.36. The Hall–Kier alpha value is -0.820. The fraction of sp³-hybridized carbons (Fsp3) is 0.438. The third-order valence-corrected chi connectivity index (χ3v) is 4.72. The van der Waals surface area contributed by atoms with Crippen molar-refractivity contribution in [3.63, 3.8) is 0 Å². The lowest BCUT2D eigenvalue weighted by atomic mass is 9.93. The highest BCUT2D eigenvalue weighted by molar-refractivity contribution is 7.15. The molecule has 1 aliphatic rings. The Morgan fingerprint density at radius 2 is 2.14 bits per heavy atom. The molecule has 0 saturated carbocycles. The summed E-state index contributed by atoms with van der Waals surface area (Å²) in [6, 6.07) is 6.42. The van der Waals surface area contributed by atoms with Gasteiger partial charge < -0.3 is 28.7 Å². The smallest absolute Gasteiger partial charge is 0.330 e. The number of hydrogen-bond acceptors (Lipinski definition) is 3. The van der Waals surface area contributed by atoms with Crippen LogP contribution in [0.4, 0.5) is 5.13 Å². The van der Waals surface area contributed by atoms with Crippen LogP contribution in [0.2, 0.25) is 0 Å². The molecule has 0 amide bonds. The lowest BCUT2D eigenvalue weighted by Crippen LogP contribution is -3.00. The van der Waals surface area contributed by atoms with Crippen LogP contribution in [0.25, 0.3) is 11.3 Å². The lowest BCUT2D eigenvalue weighted by Gasteiger charge is -2.15. The van der Waals surface area contributed by atoms with E-state index in [1.807, 2.05) is 0 Å². The number of nitrogens with one attached hydrogen (secondary N) is 1. The van der Waals surface area contributed by atoms with Crippen molar-refractivity contribution >= 4 is 16.5 Å². The number of ether oxygens (including phenoxy) is 1. The van der Waals surface area contributed by atoms with E-state index < -0.39 is 0 Å². The second-order valence-corrected chi connectivity index (χ2v) is 6.40. The SMILES string of the molecule is CCCCCOc1ccc2c(c1)CCc1sc(N)[nH+]c1-2.[I-]. The molecule has 5 heteroatoms. The van der Waals surface area contributed by atoms with E-state index in [4.69, 9.17) is 10.5 Å². The van der Waals surface area contributed by atoms with Crippen LogP contribution in [0.5, 0.6) is 5.75 Å². The van der Waals surface area contributed by atoms with Gasteiger partial charge in [-0.25, -0.2) is 4.98 Å². The van der Waals surface area contributed by atoms with E-state index in [0.29, 0.717) is 0 Å². The van der Waals surface area contributed by atoms with E-state index in [-0.39, 0.29) is 24.0 Å². The maximum absolute atomic E-state index is 5.88. The number of hydrogen-bond donors (Lipinski definition) is 1. The first-order chi connectivity index (χ1) is 9.78. The van der Waals surface area contributed by atoms with E-state index in [0.717, 1.165) is 36.8 Å². The predicted molar refractivity (Wildman–Crippen MR) is 83.2 cm³/mol. The molecule has 3 nitrogen and oxygen atoms in total. The van der Waals surface area contributed by atoms with Crippen LogP contribution >= 0.6 is 11.3 Å². The molecule has 3 rings (SSSR count). The largest absolute Gasteiger partial charge is 1.00 e. The third kappa shape index (κ3) is 3.69. The zero-order chi connectivity index (χ0) is 13.9. The molecule has 0 fully saturated rings. The summed E-state index contributed by atoms with van der Waals surface area (Å²) in [6.45, 7) is 3.02. The number of halogens is 1. The van der Waals surface area contributed by atoms with Gasteiger partial charge in [0.1, 0.15) is 11.4 Å². The van der Waals surface area contributed by atoms with Crippen molar-refractivity contribution in [2.45, 2.75) is 39.0 Å². The first-order valence-corrected chi connectivity index (χ1v) is 8.16. The van der Waals surface area contributed by atoms with Gasteiger partial charge in [-0.2, -0.15) is 0 Å².